The van der Waals surface area contributed by atoms with E-state index < -0.39 is 16.9 Å². The molecule has 4 heterocycles. The zero-order chi connectivity index (χ0) is 26.5. The van der Waals surface area contributed by atoms with Crippen LogP contribution in [0.5, 0.6) is 5.75 Å². The van der Waals surface area contributed by atoms with E-state index in [1.165, 1.54) is 18.2 Å². The predicted octanol–water partition coefficient (Wildman–Crippen LogP) is 3.27. The number of piperidine rings is 1. The number of aromatic nitrogens is 4. The van der Waals surface area contributed by atoms with Crippen molar-refractivity contribution >= 4 is 28.2 Å². The first-order valence-electron chi connectivity index (χ1n) is 11.7. The first kappa shape index (κ1) is 24.7. The van der Waals surface area contributed by atoms with Gasteiger partial charge in [-0.3, -0.25) is 14.9 Å². The molecule has 0 unspecified atom stereocenters. The number of rotatable bonds is 4. The van der Waals surface area contributed by atoms with Gasteiger partial charge >= 0.3 is 11.9 Å². The highest BCUT2D eigenvalue weighted by Crippen LogP contribution is 2.39. The molecule has 1 amide bonds. The molecular weight excluding hydrogens is 495 g/mol. The Morgan fingerprint density at radius 3 is 2.68 bits per heavy atom. The maximum atomic E-state index is 13.4. The van der Waals surface area contributed by atoms with E-state index in [0.29, 0.717) is 41.9 Å². The topological polar surface area (TPSA) is 120 Å². The highest BCUT2D eigenvalue weighted by Gasteiger charge is 2.41. The van der Waals surface area contributed by atoms with Crippen molar-refractivity contribution in [3.05, 3.63) is 46.2 Å². The van der Waals surface area contributed by atoms with Crippen molar-refractivity contribution in [3.8, 4) is 5.75 Å². The Bertz CT molecular complexity index is 1380. The van der Waals surface area contributed by atoms with Crippen molar-refractivity contribution in [2.24, 2.45) is 11.8 Å². The standard InChI is InChI=1S/C23H24F3N7O4/c1-13-11-30(20-16-4-3-14(37-2)9-17(16)27-10-18(20)33(35)36)6-5-15(13)21(34)31-7-8-32-19(12-31)28-29-22(32)23(24,25)26/h3-4,9-10,13,15H,5-8,11-12H2,1-2H3/t13-,15+/m1/s1. The molecule has 14 heteroatoms. The van der Waals surface area contributed by atoms with E-state index in [4.69, 9.17) is 4.74 Å². The lowest BCUT2D eigenvalue weighted by Gasteiger charge is -2.40. The van der Waals surface area contributed by atoms with E-state index in [2.05, 4.69) is 15.2 Å². The Labute approximate surface area is 209 Å². The Morgan fingerprint density at radius 1 is 1.22 bits per heavy atom. The number of fused-ring (bicyclic) bond motifs is 2. The maximum absolute atomic E-state index is 13.4. The molecule has 196 valence electrons. The van der Waals surface area contributed by atoms with E-state index in [-0.39, 0.29) is 48.9 Å². The van der Waals surface area contributed by atoms with Crippen LogP contribution in [0.25, 0.3) is 10.9 Å². The van der Waals surface area contributed by atoms with Crippen molar-refractivity contribution in [2.45, 2.75) is 32.6 Å². The number of amides is 1. The minimum atomic E-state index is -4.61. The number of carbonyl (C=O) groups excluding carboxylic acids is 1. The van der Waals surface area contributed by atoms with Crippen molar-refractivity contribution < 1.29 is 27.6 Å². The number of ether oxygens (including phenoxy) is 1. The second-order valence-electron chi connectivity index (χ2n) is 9.30. The van der Waals surface area contributed by atoms with Gasteiger partial charge in [-0.2, -0.15) is 13.2 Å². The third-order valence-corrected chi connectivity index (χ3v) is 7.08. The summed E-state index contributed by atoms with van der Waals surface area (Å²) in [6.07, 6.45) is -2.93. The predicted molar refractivity (Wildman–Crippen MR) is 125 cm³/mol. The fourth-order valence-corrected chi connectivity index (χ4v) is 5.25. The summed E-state index contributed by atoms with van der Waals surface area (Å²) in [6, 6.07) is 5.17. The molecule has 1 aromatic carbocycles. The van der Waals surface area contributed by atoms with Gasteiger partial charge in [0.05, 0.1) is 24.1 Å². The van der Waals surface area contributed by atoms with Gasteiger partial charge in [0.1, 0.15) is 17.6 Å². The van der Waals surface area contributed by atoms with Crippen LogP contribution in [0.4, 0.5) is 24.5 Å². The van der Waals surface area contributed by atoms with Crippen molar-refractivity contribution in [2.75, 3.05) is 31.6 Å². The SMILES string of the molecule is COc1ccc2c(N3CC[C@H](C(=O)N4CCn5c(nnc5C(F)(F)F)C4)[C@H](C)C3)c([N+](=O)[O-])cnc2c1. The fourth-order valence-electron chi connectivity index (χ4n) is 5.25. The Morgan fingerprint density at radius 2 is 2.00 bits per heavy atom. The Kier molecular flexibility index (Phi) is 6.12. The van der Waals surface area contributed by atoms with E-state index in [1.807, 2.05) is 11.8 Å². The monoisotopic (exact) mass is 519 g/mol. The number of benzene rings is 1. The molecule has 3 aromatic rings. The summed E-state index contributed by atoms with van der Waals surface area (Å²) in [5.41, 5.74) is 0.882. The number of methoxy groups -OCH3 is 1. The smallest absolute Gasteiger partial charge is 0.451 e. The number of alkyl halides is 3. The van der Waals surface area contributed by atoms with E-state index in [9.17, 15) is 28.1 Å². The molecule has 2 atom stereocenters. The molecule has 1 saturated heterocycles. The number of nitro groups is 1. The summed E-state index contributed by atoms with van der Waals surface area (Å²) in [7, 11) is 1.53. The number of anilines is 1. The lowest BCUT2D eigenvalue weighted by Crippen LogP contribution is -2.49. The number of nitrogens with zero attached hydrogens (tertiary/aromatic N) is 7. The van der Waals surface area contributed by atoms with Crippen LogP contribution >= 0.6 is 0 Å². The summed E-state index contributed by atoms with van der Waals surface area (Å²) in [4.78, 5) is 32.4. The highest BCUT2D eigenvalue weighted by atomic mass is 19.4. The van der Waals surface area contributed by atoms with E-state index >= 15 is 0 Å². The molecule has 0 aliphatic carbocycles. The molecule has 5 rings (SSSR count). The molecule has 2 aliphatic rings. The van der Waals surface area contributed by atoms with Gasteiger partial charge < -0.3 is 19.1 Å². The van der Waals surface area contributed by atoms with Gasteiger partial charge in [0.15, 0.2) is 5.82 Å². The van der Waals surface area contributed by atoms with Gasteiger partial charge in [-0.05, 0) is 24.5 Å². The average molecular weight is 519 g/mol. The number of pyridine rings is 1. The molecule has 2 aromatic heterocycles. The van der Waals surface area contributed by atoms with Gasteiger partial charge in [0.25, 0.3) is 0 Å². The van der Waals surface area contributed by atoms with Crippen LogP contribution in [0, 0.1) is 22.0 Å². The van der Waals surface area contributed by atoms with Crippen molar-refractivity contribution in [1.82, 2.24) is 24.6 Å². The quantitative estimate of drug-likeness (QED) is 0.381. The third kappa shape index (κ3) is 4.40. The van der Waals surface area contributed by atoms with Crippen LogP contribution in [-0.4, -0.2) is 62.2 Å². The van der Waals surface area contributed by atoms with Crippen LogP contribution < -0.4 is 9.64 Å². The molecule has 11 nitrogen and oxygen atoms in total. The molecule has 2 aliphatic heterocycles. The second kappa shape index (κ2) is 9.16. The van der Waals surface area contributed by atoms with Gasteiger partial charge in [0, 0.05) is 43.5 Å². The average Bonchev–Trinajstić information content (AvgIpc) is 3.31. The molecule has 1 fully saturated rings. The number of carbonyl (C=O) groups is 1. The highest BCUT2D eigenvalue weighted by molar-refractivity contribution is 5.97. The molecule has 0 bridgehead atoms. The van der Waals surface area contributed by atoms with Crippen LogP contribution in [-0.2, 0) is 24.1 Å². The molecule has 0 saturated carbocycles. The van der Waals surface area contributed by atoms with Gasteiger partial charge in [0.2, 0.25) is 11.7 Å². The largest absolute Gasteiger partial charge is 0.497 e. The zero-order valence-corrected chi connectivity index (χ0v) is 20.1. The second-order valence-corrected chi connectivity index (χ2v) is 9.30. The molecule has 37 heavy (non-hydrogen) atoms. The summed E-state index contributed by atoms with van der Waals surface area (Å²) in [6.45, 7) is 2.74. The van der Waals surface area contributed by atoms with E-state index in [1.54, 1.807) is 18.2 Å². The minimum absolute atomic E-state index is 0.0329. The van der Waals surface area contributed by atoms with Crippen LogP contribution in [0.3, 0.4) is 0 Å². The normalized spacial score (nSPS) is 20.1. The lowest BCUT2D eigenvalue weighted by atomic mass is 9.85. The molecule has 0 spiro atoms. The third-order valence-electron chi connectivity index (χ3n) is 7.08. The molecular formula is C23H24F3N7O4. The zero-order valence-electron chi connectivity index (χ0n) is 20.1. The molecule has 0 radical (unpaired) electrons. The number of hydrogen-bond acceptors (Lipinski definition) is 8. The van der Waals surface area contributed by atoms with Gasteiger partial charge in [-0.25, -0.2) is 4.98 Å². The summed E-state index contributed by atoms with van der Waals surface area (Å²) in [5, 5.41) is 19.4. The first-order valence-corrected chi connectivity index (χ1v) is 11.7. The summed E-state index contributed by atoms with van der Waals surface area (Å²) >= 11 is 0. The first-order chi connectivity index (χ1) is 17.6. The van der Waals surface area contributed by atoms with Crippen molar-refractivity contribution in [1.29, 1.82) is 0 Å². The summed E-state index contributed by atoms with van der Waals surface area (Å²) < 4.78 is 45.7. The Balaban J connectivity index is 1.35. The van der Waals surface area contributed by atoms with Crippen LogP contribution in [0.1, 0.15) is 25.0 Å². The van der Waals surface area contributed by atoms with Gasteiger partial charge in [-0.15, -0.1) is 10.2 Å². The summed E-state index contributed by atoms with van der Waals surface area (Å²) in [5.74, 6) is -1.06. The molecule has 0 N–H and O–H groups in total. The lowest BCUT2D eigenvalue weighted by molar-refractivity contribution is -0.384. The Hall–Kier alpha value is -3.97. The van der Waals surface area contributed by atoms with Crippen LogP contribution in [0.15, 0.2) is 24.4 Å². The van der Waals surface area contributed by atoms with Crippen LogP contribution in [0.2, 0.25) is 0 Å². The number of halogens is 3. The number of hydrogen-bond donors (Lipinski definition) is 0. The maximum Gasteiger partial charge on any atom is 0.451 e. The van der Waals surface area contributed by atoms with Crippen molar-refractivity contribution in [3.63, 3.8) is 0 Å². The van der Waals surface area contributed by atoms with E-state index in [0.717, 1.165) is 4.57 Å². The van der Waals surface area contributed by atoms with Gasteiger partial charge in [-0.1, -0.05) is 6.92 Å². The minimum Gasteiger partial charge on any atom is -0.497 e. The fraction of sp³-hybridized carbons (Fsp3) is 0.478.